The van der Waals surface area contributed by atoms with E-state index in [1.807, 2.05) is 0 Å². The van der Waals surface area contributed by atoms with Gasteiger partial charge in [-0.15, -0.1) is 0 Å². The molecule has 0 spiro atoms. The molecule has 0 aliphatic carbocycles. The number of amides is 2. The zero-order valence-electron chi connectivity index (χ0n) is 13.1. The molecule has 2 N–H and O–H groups in total. The number of thiocarbonyl (C=S) groups is 1. The van der Waals surface area contributed by atoms with Crippen LogP contribution in [0, 0.1) is 0 Å². The van der Waals surface area contributed by atoms with Crippen molar-refractivity contribution in [3.05, 3.63) is 40.3 Å². The monoisotopic (exact) mass is 364 g/mol. The zero-order valence-corrected chi connectivity index (χ0v) is 14.7. The topological polar surface area (TPSA) is 86.7 Å². The minimum Gasteiger partial charge on any atom is -0.480 e. The van der Waals surface area contributed by atoms with E-state index in [4.69, 9.17) is 17.3 Å². The Morgan fingerprint density at radius 3 is 2.46 bits per heavy atom. The van der Waals surface area contributed by atoms with Crippen molar-refractivity contribution in [3.63, 3.8) is 0 Å². The lowest BCUT2D eigenvalue weighted by Gasteiger charge is -2.12. The van der Waals surface area contributed by atoms with Crippen molar-refractivity contribution in [3.8, 4) is 0 Å². The molecule has 1 aliphatic heterocycles. The van der Waals surface area contributed by atoms with E-state index >= 15 is 0 Å². The summed E-state index contributed by atoms with van der Waals surface area (Å²) in [6.45, 7) is 1.69. The highest BCUT2D eigenvalue weighted by Crippen LogP contribution is 2.31. The smallest absolute Gasteiger partial charge is 0.326 e. The van der Waals surface area contributed by atoms with Gasteiger partial charge in [-0.05, 0) is 30.2 Å². The molecular weight excluding hydrogens is 348 g/mol. The average Bonchev–Trinajstić information content (AvgIpc) is 2.79. The summed E-state index contributed by atoms with van der Waals surface area (Å²) in [5, 5.41) is 11.4. The third-order valence-corrected chi connectivity index (χ3v) is 4.95. The van der Waals surface area contributed by atoms with E-state index in [1.54, 1.807) is 44.3 Å². The van der Waals surface area contributed by atoms with Gasteiger partial charge in [0.1, 0.15) is 10.4 Å². The lowest BCUT2D eigenvalue weighted by atomic mass is 10.1. The second-order valence-corrected chi connectivity index (χ2v) is 6.81. The highest BCUT2D eigenvalue weighted by atomic mass is 32.2. The number of carbonyl (C=O) groups excluding carboxylic acids is 2. The molecule has 2 rings (SSSR count). The Labute approximate surface area is 148 Å². The number of benzene rings is 1. The van der Waals surface area contributed by atoms with Gasteiger partial charge in [-0.1, -0.05) is 43.0 Å². The van der Waals surface area contributed by atoms with E-state index in [9.17, 15) is 14.4 Å². The Morgan fingerprint density at radius 1 is 1.38 bits per heavy atom. The number of hydrogen-bond acceptors (Lipinski definition) is 5. The molecule has 1 unspecified atom stereocenters. The average molecular weight is 364 g/mol. The minimum absolute atomic E-state index is 0.154. The molecule has 8 heteroatoms. The summed E-state index contributed by atoms with van der Waals surface area (Å²) in [5.74, 6) is -1.67. The van der Waals surface area contributed by atoms with Gasteiger partial charge in [0, 0.05) is 12.6 Å². The van der Waals surface area contributed by atoms with Crippen LogP contribution in [0.2, 0.25) is 0 Å². The van der Waals surface area contributed by atoms with Crippen LogP contribution in [0.3, 0.4) is 0 Å². The van der Waals surface area contributed by atoms with Gasteiger partial charge < -0.3 is 10.4 Å². The Balaban J connectivity index is 2.11. The molecule has 24 heavy (non-hydrogen) atoms. The molecule has 0 bridgehead atoms. The maximum absolute atomic E-state index is 12.0. The molecule has 1 heterocycles. The number of aliphatic carboxylic acids is 1. The predicted molar refractivity (Wildman–Crippen MR) is 96.6 cm³/mol. The quantitative estimate of drug-likeness (QED) is 0.615. The summed E-state index contributed by atoms with van der Waals surface area (Å²) in [6, 6.07) is 5.64. The molecule has 0 aromatic heterocycles. The standard InChI is InChI=1S/C16H16N2O4S2/c1-3-11(15(21)22)17-13(19)10-6-4-9(5-7-10)8-12-14(20)18(2)16(23)24-12/h4-8,11H,3H2,1-2H3,(H,17,19)(H,21,22)/b12-8+. The van der Waals surface area contributed by atoms with E-state index in [0.29, 0.717) is 21.2 Å². The van der Waals surface area contributed by atoms with E-state index in [-0.39, 0.29) is 5.91 Å². The molecule has 126 valence electrons. The van der Waals surface area contributed by atoms with Gasteiger partial charge in [-0.3, -0.25) is 14.5 Å². The summed E-state index contributed by atoms with van der Waals surface area (Å²) >= 11 is 6.29. The Bertz CT molecular complexity index is 728. The van der Waals surface area contributed by atoms with Gasteiger partial charge >= 0.3 is 5.97 Å². The Morgan fingerprint density at radius 2 is 2.00 bits per heavy atom. The Hall–Kier alpha value is -2.19. The maximum Gasteiger partial charge on any atom is 0.326 e. The van der Waals surface area contributed by atoms with E-state index in [2.05, 4.69) is 5.32 Å². The molecule has 1 aliphatic rings. The number of carboxylic acid groups (broad SMARTS) is 1. The number of likely N-dealkylation sites (N-methyl/N-ethyl adjacent to an activating group) is 1. The first-order chi connectivity index (χ1) is 11.3. The third-order valence-electron chi connectivity index (χ3n) is 3.47. The summed E-state index contributed by atoms with van der Waals surface area (Å²) in [5.41, 5.74) is 1.11. The molecule has 1 fully saturated rings. The first kappa shape index (κ1) is 18.2. The summed E-state index contributed by atoms with van der Waals surface area (Å²) < 4.78 is 0.501. The van der Waals surface area contributed by atoms with Crippen molar-refractivity contribution < 1.29 is 19.5 Å². The molecule has 1 atom stereocenters. The van der Waals surface area contributed by atoms with E-state index in [0.717, 1.165) is 5.56 Å². The first-order valence-electron chi connectivity index (χ1n) is 7.18. The van der Waals surface area contributed by atoms with Crippen LogP contribution in [0.5, 0.6) is 0 Å². The predicted octanol–water partition coefficient (Wildman–Crippen LogP) is 2.11. The summed E-state index contributed by atoms with van der Waals surface area (Å²) in [7, 11) is 1.62. The van der Waals surface area contributed by atoms with Crippen molar-refractivity contribution in [1.29, 1.82) is 0 Å². The SMILES string of the molecule is CCC(NC(=O)c1ccc(/C=C2/SC(=S)N(C)C2=O)cc1)C(=O)O. The molecular formula is C16H16N2O4S2. The van der Waals surface area contributed by atoms with Crippen molar-refractivity contribution in [2.24, 2.45) is 0 Å². The molecule has 6 nitrogen and oxygen atoms in total. The van der Waals surface area contributed by atoms with Crippen LogP contribution in [-0.4, -0.2) is 45.2 Å². The normalized spacial score (nSPS) is 17.2. The highest BCUT2D eigenvalue weighted by Gasteiger charge is 2.28. The van der Waals surface area contributed by atoms with Crippen LogP contribution in [0.25, 0.3) is 6.08 Å². The van der Waals surface area contributed by atoms with Crippen LogP contribution >= 0.6 is 24.0 Å². The van der Waals surface area contributed by atoms with Gasteiger partial charge in [0.25, 0.3) is 11.8 Å². The van der Waals surface area contributed by atoms with E-state index < -0.39 is 17.9 Å². The first-order valence-corrected chi connectivity index (χ1v) is 8.41. The second kappa shape index (κ2) is 7.59. The van der Waals surface area contributed by atoms with Crippen LogP contribution in [0.4, 0.5) is 0 Å². The fourth-order valence-electron chi connectivity index (χ4n) is 2.01. The minimum atomic E-state index is -1.07. The number of thioether (sulfide) groups is 1. The number of carbonyl (C=O) groups is 3. The van der Waals surface area contributed by atoms with Gasteiger partial charge in [0.15, 0.2) is 0 Å². The van der Waals surface area contributed by atoms with Crippen molar-refractivity contribution in [2.45, 2.75) is 19.4 Å². The molecule has 1 aromatic rings. The maximum atomic E-state index is 12.0. The van der Waals surface area contributed by atoms with Crippen LogP contribution in [0.15, 0.2) is 29.2 Å². The molecule has 0 saturated carbocycles. The van der Waals surface area contributed by atoms with Crippen molar-refractivity contribution >= 4 is 52.2 Å². The lowest BCUT2D eigenvalue weighted by molar-refractivity contribution is -0.139. The highest BCUT2D eigenvalue weighted by molar-refractivity contribution is 8.26. The fraction of sp³-hybridized carbons (Fsp3) is 0.250. The van der Waals surface area contributed by atoms with Crippen molar-refractivity contribution in [2.75, 3.05) is 7.05 Å². The summed E-state index contributed by atoms with van der Waals surface area (Å²) in [4.78, 5) is 36.9. The molecule has 1 saturated heterocycles. The largest absolute Gasteiger partial charge is 0.480 e. The van der Waals surface area contributed by atoms with Gasteiger partial charge in [-0.25, -0.2) is 4.79 Å². The molecule has 0 radical (unpaired) electrons. The van der Waals surface area contributed by atoms with Crippen LogP contribution < -0.4 is 5.32 Å². The van der Waals surface area contributed by atoms with Crippen LogP contribution in [-0.2, 0) is 9.59 Å². The third kappa shape index (κ3) is 4.01. The number of carboxylic acids is 1. The fourth-order valence-corrected chi connectivity index (χ4v) is 3.19. The zero-order chi connectivity index (χ0) is 17.9. The van der Waals surface area contributed by atoms with Gasteiger partial charge in [-0.2, -0.15) is 0 Å². The molecule has 2 amide bonds. The van der Waals surface area contributed by atoms with Gasteiger partial charge in [0.2, 0.25) is 0 Å². The second-order valence-electron chi connectivity index (χ2n) is 5.14. The molecule has 1 aromatic carbocycles. The van der Waals surface area contributed by atoms with Gasteiger partial charge in [0.05, 0.1) is 4.91 Å². The Kier molecular flexibility index (Phi) is 5.74. The number of nitrogens with zero attached hydrogens (tertiary/aromatic N) is 1. The number of hydrogen-bond donors (Lipinski definition) is 2. The number of nitrogens with one attached hydrogen (secondary N) is 1. The van der Waals surface area contributed by atoms with Crippen LogP contribution in [0.1, 0.15) is 29.3 Å². The summed E-state index contributed by atoms with van der Waals surface area (Å²) in [6.07, 6.45) is 2.01. The lowest BCUT2D eigenvalue weighted by Crippen LogP contribution is -2.40. The van der Waals surface area contributed by atoms with Crippen molar-refractivity contribution in [1.82, 2.24) is 10.2 Å². The number of rotatable bonds is 5. The van der Waals surface area contributed by atoms with E-state index in [1.165, 1.54) is 16.7 Å².